The fraction of sp³-hybridized carbons (Fsp3) is 0.562. The Bertz CT molecular complexity index is 384. The fourth-order valence-electron chi connectivity index (χ4n) is 1.98. The van der Waals surface area contributed by atoms with E-state index in [1.54, 1.807) is 0 Å². The molecule has 1 rings (SSSR count). The number of rotatable bonds is 8. The molecule has 3 heteroatoms. The van der Waals surface area contributed by atoms with Crippen LogP contribution >= 0.6 is 0 Å². The van der Waals surface area contributed by atoms with E-state index in [0.717, 1.165) is 13.0 Å². The van der Waals surface area contributed by atoms with Gasteiger partial charge in [0.1, 0.15) is 0 Å². The molecule has 0 saturated carbocycles. The lowest BCUT2D eigenvalue weighted by atomic mass is 10.0. The van der Waals surface area contributed by atoms with Crippen LogP contribution in [0.15, 0.2) is 24.3 Å². The van der Waals surface area contributed by atoms with Gasteiger partial charge in [0.2, 0.25) is 0 Å². The Hall–Kier alpha value is -1.35. The number of hydrogen-bond donors (Lipinski definition) is 2. The summed E-state index contributed by atoms with van der Waals surface area (Å²) >= 11 is 0. The Morgan fingerprint density at radius 2 is 1.89 bits per heavy atom. The Kier molecular flexibility index (Phi) is 6.57. The van der Waals surface area contributed by atoms with Crippen molar-refractivity contribution in [3.8, 4) is 0 Å². The van der Waals surface area contributed by atoms with Gasteiger partial charge >= 0.3 is 5.97 Å². The minimum atomic E-state index is -0.712. The van der Waals surface area contributed by atoms with Gasteiger partial charge in [-0.1, -0.05) is 45.0 Å². The number of benzene rings is 1. The molecule has 0 radical (unpaired) electrons. The van der Waals surface area contributed by atoms with Crippen LogP contribution < -0.4 is 5.32 Å². The van der Waals surface area contributed by atoms with Gasteiger partial charge in [-0.05, 0) is 36.4 Å². The third-order valence-electron chi connectivity index (χ3n) is 3.47. The van der Waals surface area contributed by atoms with E-state index in [2.05, 4.69) is 43.4 Å². The van der Waals surface area contributed by atoms with E-state index in [-0.39, 0.29) is 5.92 Å². The number of carbonyl (C=O) groups is 1. The molecule has 1 aromatic carbocycles. The quantitative estimate of drug-likeness (QED) is 0.709. The van der Waals surface area contributed by atoms with Gasteiger partial charge in [-0.15, -0.1) is 0 Å². The van der Waals surface area contributed by atoms with Crippen molar-refractivity contribution in [2.75, 3.05) is 13.1 Å². The van der Waals surface area contributed by atoms with Gasteiger partial charge in [0.15, 0.2) is 0 Å². The predicted octanol–water partition coefficient (Wildman–Crippen LogP) is 3.05. The van der Waals surface area contributed by atoms with Crippen LogP contribution in [-0.2, 0) is 11.2 Å². The van der Waals surface area contributed by atoms with E-state index in [4.69, 9.17) is 5.11 Å². The van der Waals surface area contributed by atoms with Crippen molar-refractivity contribution < 1.29 is 9.90 Å². The summed E-state index contributed by atoms with van der Waals surface area (Å²) in [5, 5.41) is 12.2. The van der Waals surface area contributed by atoms with E-state index in [1.165, 1.54) is 11.1 Å². The summed E-state index contributed by atoms with van der Waals surface area (Å²) < 4.78 is 0. The van der Waals surface area contributed by atoms with Crippen LogP contribution in [0.3, 0.4) is 0 Å². The van der Waals surface area contributed by atoms with Crippen LogP contribution in [0.1, 0.15) is 44.2 Å². The zero-order chi connectivity index (χ0) is 14.3. The first-order valence-electron chi connectivity index (χ1n) is 7.07. The summed E-state index contributed by atoms with van der Waals surface area (Å²) in [6.45, 7) is 7.66. The van der Waals surface area contributed by atoms with Crippen LogP contribution in [0.5, 0.6) is 0 Å². The van der Waals surface area contributed by atoms with Crippen LogP contribution in [0.4, 0.5) is 0 Å². The van der Waals surface area contributed by atoms with Gasteiger partial charge in [-0.3, -0.25) is 4.79 Å². The molecule has 0 bridgehead atoms. The van der Waals surface area contributed by atoms with Crippen molar-refractivity contribution in [2.24, 2.45) is 5.92 Å². The third-order valence-corrected chi connectivity index (χ3v) is 3.47. The summed E-state index contributed by atoms with van der Waals surface area (Å²) in [5.74, 6) is -0.423. The Morgan fingerprint density at radius 1 is 1.26 bits per heavy atom. The van der Waals surface area contributed by atoms with Crippen LogP contribution in [0.2, 0.25) is 0 Å². The molecule has 2 N–H and O–H groups in total. The molecule has 19 heavy (non-hydrogen) atoms. The van der Waals surface area contributed by atoms with Crippen molar-refractivity contribution in [2.45, 2.75) is 39.5 Å². The number of hydrogen-bond acceptors (Lipinski definition) is 2. The number of carboxylic acids is 1. The monoisotopic (exact) mass is 263 g/mol. The zero-order valence-electron chi connectivity index (χ0n) is 12.1. The largest absolute Gasteiger partial charge is 0.481 e. The van der Waals surface area contributed by atoms with Gasteiger partial charge in [-0.25, -0.2) is 0 Å². The molecule has 0 fully saturated rings. The molecule has 0 saturated heterocycles. The molecule has 0 aliphatic heterocycles. The molecule has 0 aromatic heterocycles. The first-order valence-corrected chi connectivity index (χ1v) is 7.07. The van der Waals surface area contributed by atoms with Crippen LogP contribution in [-0.4, -0.2) is 24.2 Å². The molecule has 1 atom stereocenters. The molecule has 1 unspecified atom stereocenters. The molecular formula is C16H25NO2. The minimum absolute atomic E-state index is 0.275. The van der Waals surface area contributed by atoms with E-state index < -0.39 is 5.97 Å². The van der Waals surface area contributed by atoms with E-state index in [9.17, 15) is 4.79 Å². The first-order chi connectivity index (χ1) is 9.04. The molecule has 1 aromatic rings. The molecule has 0 heterocycles. The smallest absolute Gasteiger partial charge is 0.307 e. The van der Waals surface area contributed by atoms with Gasteiger partial charge in [-0.2, -0.15) is 0 Å². The number of nitrogens with one attached hydrogen (secondary N) is 1. The predicted molar refractivity (Wildman–Crippen MR) is 78.5 cm³/mol. The van der Waals surface area contributed by atoms with Crippen molar-refractivity contribution in [3.05, 3.63) is 35.4 Å². The number of carboxylic acid groups (broad SMARTS) is 1. The molecule has 106 valence electrons. The highest BCUT2D eigenvalue weighted by Crippen LogP contribution is 2.14. The molecular weight excluding hydrogens is 238 g/mol. The minimum Gasteiger partial charge on any atom is -0.481 e. The maximum Gasteiger partial charge on any atom is 0.307 e. The van der Waals surface area contributed by atoms with E-state index >= 15 is 0 Å². The third kappa shape index (κ3) is 5.43. The second kappa shape index (κ2) is 7.95. The second-order valence-corrected chi connectivity index (χ2v) is 5.29. The lowest BCUT2D eigenvalue weighted by Crippen LogP contribution is -2.29. The summed E-state index contributed by atoms with van der Waals surface area (Å²) in [6.07, 6.45) is 1.61. The van der Waals surface area contributed by atoms with Crippen LogP contribution in [0, 0.1) is 5.92 Å². The van der Waals surface area contributed by atoms with Gasteiger partial charge in [0.05, 0.1) is 5.92 Å². The van der Waals surface area contributed by atoms with Crippen LogP contribution in [0.25, 0.3) is 0 Å². The second-order valence-electron chi connectivity index (χ2n) is 5.29. The Morgan fingerprint density at radius 3 is 2.37 bits per heavy atom. The summed E-state index contributed by atoms with van der Waals surface area (Å²) in [4.78, 5) is 10.9. The summed E-state index contributed by atoms with van der Waals surface area (Å²) in [7, 11) is 0. The summed E-state index contributed by atoms with van der Waals surface area (Å²) in [6, 6.07) is 8.66. The Balaban J connectivity index is 2.31. The zero-order valence-corrected chi connectivity index (χ0v) is 12.1. The standard InChI is InChI=1S/C16H25NO2/c1-4-14(16(18)19)11-17-10-9-13-5-7-15(8-6-13)12(2)3/h5-8,12,14,17H,4,9-11H2,1-3H3,(H,18,19). The summed E-state index contributed by atoms with van der Waals surface area (Å²) in [5.41, 5.74) is 2.65. The van der Waals surface area contributed by atoms with E-state index in [1.807, 2.05) is 6.92 Å². The Labute approximate surface area is 116 Å². The van der Waals surface area contributed by atoms with Gasteiger partial charge in [0, 0.05) is 6.54 Å². The van der Waals surface area contributed by atoms with Crippen molar-refractivity contribution in [3.63, 3.8) is 0 Å². The maximum atomic E-state index is 10.9. The molecule has 3 nitrogen and oxygen atoms in total. The van der Waals surface area contributed by atoms with Crippen molar-refractivity contribution in [1.82, 2.24) is 5.32 Å². The highest BCUT2D eigenvalue weighted by atomic mass is 16.4. The molecule has 0 amide bonds. The van der Waals surface area contributed by atoms with Crippen molar-refractivity contribution >= 4 is 5.97 Å². The number of aliphatic carboxylic acids is 1. The normalized spacial score (nSPS) is 12.6. The highest BCUT2D eigenvalue weighted by Gasteiger charge is 2.13. The molecule has 0 aliphatic rings. The fourth-order valence-corrected chi connectivity index (χ4v) is 1.98. The SMILES string of the molecule is CCC(CNCCc1ccc(C(C)C)cc1)C(=O)O. The lowest BCUT2D eigenvalue weighted by Gasteiger charge is -2.11. The average molecular weight is 263 g/mol. The first kappa shape index (κ1) is 15.7. The molecule has 0 aliphatic carbocycles. The lowest BCUT2D eigenvalue weighted by molar-refractivity contribution is -0.141. The average Bonchev–Trinajstić information content (AvgIpc) is 2.38. The van der Waals surface area contributed by atoms with Gasteiger partial charge in [0.25, 0.3) is 0 Å². The highest BCUT2D eigenvalue weighted by molar-refractivity contribution is 5.70. The van der Waals surface area contributed by atoms with Gasteiger partial charge < -0.3 is 10.4 Å². The molecule has 0 spiro atoms. The van der Waals surface area contributed by atoms with E-state index in [0.29, 0.717) is 18.9 Å². The maximum absolute atomic E-state index is 10.9. The topological polar surface area (TPSA) is 49.3 Å². The van der Waals surface area contributed by atoms with Crippen molar-refractivity contribution in [1.29, 1.82) is 0 Å².